The monoisotopic (exact) mass is 237 g/mol. The molecule has 82 valence electrons. The SMILES string of the molecule is O=C(O)Cc1cnoc1-c1cccc(Cl)c1. The van der Waals surface area contributed by atoms with Crippen LogP contribution in [0.3, 0.4) is 0 Å². The van der Waals surface area contributed by atoms with Crippen LogP contribution in [-0.2, 0) is 11.2 Å². The first-order chi connectivity index (χ1) is 7.66. The number of nitrogens with zero attached hydrogens (tertiary/aromatic N) is 1. The molecule has 1 aromatic heterocycles. The number of aliphatic carboxylic acids is 1. The van der Waals surface area contributed by atoms with Gasteiger partial charge in [-0.1, -0.05) is 28.9 Å². The normalized spacial score (nSPS) is 10.3. The second-order valence-corrected chi connectivity index (χ2v) is 3.70. The number of aromatic nitrogens is 1. The van der Waals surface area contributed by atoms with Gasteiger partial charge in [0.25, 0.3) is 0 Å². The summed E-state index contributed by atoms with van der Waals surface area (Å²) in [5.41, 5.74) is 1.26. The van der Waals surface area contributed by atoms with Crippen molar-refractivity contribution < 1.29 is 14.4 Å². The Hall–Kier alpha value is -1.81. The van der Waals surface area contributed by atoms with Crippen molar-refractivity contribution in [3.8, 4) is 11.3 Å². The lowest BCUT2D eigenvalue weighted by molar-refractivity contribution is -0.136. The van der Waals surface area contributed by atoms with E-state index in [0.717, 1.165) is 5.56 Å². The molecule has 4 nitrogen and oxygen atoms in total. The van der Waals surface area contributed by atoms with Gasteiger partial charge in [-0.25, -0.2) is 0 Å². The van der Waals surface area contributed by atoms with E-state index in [1.165, 1.54) is 6.20 Å². The van der Waals surface area contributed by atoms with Crippen molar-refractivity contribution in [3.05, 3.63) is 41.0 Å². The maximum absolute atomic E-state index is 10.6. The summed E-state index contributed by atoms with van der Waals surface area (Å²) in [6.45, 7) is 0. The first kappa shape index (κ1) is 10.7. The van der Waals surface area contributed by atoms with Gasteiger partial charge >= 0.3 is 5.97 Å². The summed E-state index contributed by atoms with van der Waals surface area (Å²) >= 11 is 5.84. The molecule has 0 saturated carbocycles. The van der Waals surface area contributed by atoms with Crippen molar-refractivity contribution in [1.29, 1.82) is 0 Å². The van der Waals surface area contributed by atoms with Crippen LogP contribution in [0.2, 0.25) is 5.02 Å². The van der Waals surface area contributed by atoms with Crippen LogP contribution in [0.4, 0.5) is 0 Å². The van der Waals surface area contributed by atoms with E-state index in [1.54, 1.807) is 24.3 Å². The third-order valence-corrected chi connectivity index (χ3v) is 2.31. The van der Waals surface area contributed by atoms with Crippen LogP contribution in [0.15, 0.2) is 35.0 Å². The van der Waals surface area contributed by atoms with E-state index < -0.39 is 5.97 Å². The minimum Gasteiger partial charge on any atom is -0.481 e. The third kappa shape index (κ3) is 2.23. The molecule has 1 N–H and O–H groups in total. The summed E-state index contributed by atoms with van der Waals surface area (Å²) in [6, 6.07) is 6.99. The second kappa shape index (κ2) is 4.37. The number of rotatable bonds is 3. The molecule has 0 aliphatic carbocycles. The van der Waals surface area contributed by atoms with Gasteiger partial charge in [0.15, 0.2) is 5.76 Å². The van der Waals surface area contributed by atoms with Gasteiger partial charge < -0.3 is 9.63 Å². The molecule has 0 fully saturated rings. The van der Waals surface area contributed by atoms with E-state index >= 15 is 0 Å². The Labute approximate surface area is 96.4 Å². The van der Waals surface area contributed by atoms with Crippen LogP contribution in [0, 0.1) is 0 Å². The van der Waals surface area contributed by atoms with Gasteiger partial charge in [-0.05, 0) is 12.1 Å². The molecule has 0 spiro atoms. The molecule has 0 radical (unpaired) electrons. The zero-order valence-corrected chi connectivity index (χ0v) is 8.94. The first-order valence-electron chi connectivity index (χ1n) is 4.58. The van der Waals surface area contributed by atoms with Crippen LogP contribution in [-0.4, -0.2) is 16.2 Å². The van der Waals surface area contributed by atoms with Gasteiger partial charge in [0.1, 0.15) is 0 Å². The lowest BCUT2D eigenvalue weighted by Gasteiger charge is -1.99. The summed E-state index contributed by atoms with van der Waals surface area (Å²) < 4.78 is 5.03. The zero-order valence-electron chi connectivity index (χ0n) is 8.18. The van der Waals surface area contributed by atoms with E-state index in [4.69, 9.17) is 21.2 Å². The van der Waals surface area contributed by atoms with Crippen LogP contribution in [0.1, 0.15) is 5.56 Å². The Morgan fingerprint density at radius 1 is 1.50 bits per heavy atom. The van der Waals surface area contributed by atoms with E-state index in [0.29, 0.717) is 16.3 Å². The minimum atomic E-state index is -0.925. The number of halogens is 1. The van der Waals surface area contributed by atoms with Crippen molar-refractivity contribution in [2.75, 3.05) is 0 Å². The van der Waals surface area contributed by atoms with E-state index in [9.17, 15) is 4.79 Å². The number of benzene rings is 1. The van der Waals surface area contributed by atoms with Crippen LogP contribution >= 0.6 is 11.6 Å². The molecule has 0 bridgehead atoms. The Morgan fingerprint density at radius 3 is 3.00 bits per heavy atom. The van der Waals surface area contributed by atoms with E-state index in [2.05, 4.69) is 5.16 Å². The highest BCUT2D eigenvalue weighted by Crippen LogP contribution is 2.26. The zero-order chi connectivity index (χ0) is 11.5. The van der Waals surface area contributed by atoms with Gasteiger partial charge in [-0.2, -0.15) is 0 Å². The highest BCUT2D eigenvalue weighted by molar-refractivity contribution is 6.30. The fourth-order valence-electron chi connectivity index (χ4n) is 1.42. The second-order valence-electron chi connectivity index (χ2n) is 3.26. The minimum absolute atomic E-state index is 0.120. The summed E-state index contributed by atoms with van der Waals surface area (Å²) in [6.07, 6.45) is 1.29. The third-order valence-electron chi connectivity index (χ3n) is 2.07. The maximum Gasteiger partial charge on any atom is 0.308 e. The van der Waals surface area contributed by atoms with Crippen LogP contribution in [0.5, 0.6) is 0 Å². The molecule has 1 heterocycles. The fraction of sp³-hybridized carbons (Fsp3) is 0.0909. The molecule has 0 amide bonds. The maximum atomic E-state index is 10.6. The van der Waals surface area contributed by atoms with Crippen molar-refractivity contribution in [3.63, 3.8) is 0 Å². The Balaban J connectivity index is 2.40. The molecule has 0 saturated heterocycles. The van der Waals surface area contributed by atoms with E-state index in [1.807, 2.05) is 0 Å². The predicted octanol–water partition coefficient (Wildman–Crippen LogP) is 2.62. The molecular weight excluding hydrogens is 230 g/mol. The summed E-state index contributed by atoms with van der Waals surface area (Å²) in [5.74, 6) is -0.476. The number of carbonyl (C=O) groups is 1. The van der Waals surface area contributed by atoms with Gasteiger partial charge in [0.2, 0.25) is 0 Å². The lowest BCUT2D eigenvalue weighted by atomic mass is 10.1. The molecule has 2 rings (SSSR count). The average molecular weight is 238 g/mol. The molecule has 1 aromatic carbocycles. The Kier molecular flexibility index (Phi) is 2.92. The highest BCUT2D eigenvalue weighted by atomic mass is 35.5. The van der Waals surface area contributed by atoms with Gasteiger partial charge in [0, 0.05) is 16.1 Å². The average Bonchev–Trinajstić information content (AvgIpc) is 2.65. The largest absolute Gasteiger partial charge is 0.481 e. The molecular formula is C11H8ClNO3. The number of hydrogen-bond acceptors (Lipinski definition) is 3. The van der Waals surface area contributed by atoms with Gasteiger partial charge in [0.05, 0.1) is 12.6 Å². The summed E-state index contributed by atoms with van der Waals surface area (Å²) in [7, 11) is 0. The Bertz CT molecular complexity index is 521. The van der Waals surface area contributed by atoms with E-state index in [-0.39, 0.29) is 6.42 Å². The van der Waals surface area contributed by atoms with Crippen molar-refractivity contribution >= 4 is 17.6 Å². The molecule has 0 atom stereocenters. The number of carboxylic acids is 1. The van der Waals surface area contributed by atoms with Crippen molar-refractivity contribution in [2.45, 2.75) is 6.42 Å². The summed E-state index contributed by atoms with van der Waals surface area (Å²) in [4.78, 5) is 10.6. The fourth-order valence-corrected chi connectivity index (χ4v) is 1.61. The van der Waals surface area contributed by atoms with Gasteiger partial charge in [-0.3, -0.25) is 4.79 Å². The van der Waals surface area contributed by atoms with Crippen LogP contribution < -0.4 is 0 Å². The molecule has 16 heavy (non-hydrogen) atoms. The highest BCUT2D eigenvalue weighted by Gasteiger charge is 2.13. The van der Waals surface area contributed by atoms with Crippen molar-refractivity contribution in [2.24, 2.45) is 0 Å². The molecule has 0 unspecified atom stereocenters. The molecule has 0 aliphatic rings. The van der Waals surface area contributed by atoms with Gasteiger partial charge in [-0.15, -0.1) is 0 Å². The predicted molar refractivity (Wildman–Crippen MR) is 58.3 cm³/mol. The van der Waals surface area contributed by atoms with Crippen LogP contribution in [0.25, 0.3) is 11.3 Å². The molecule has 5 heteroatoms. The lowest BCUT2D eigenvalue weighted by Crippen LogP contribution is -1.99. The molecule has 2 aromatic rings. The summed E-state index contributed by atoms with van der Waals surface area (Å²) in [5, 5.41) is 12.9. The standard InChI is InChI=1S/C11H8ClNO3/c12-9-3-1-2-7(4-9)11-8(5-10(14)15)6-13-16-11/h1-4,6H,5H2,(H,14,15). The first-order valence-corrected chi connectivity index (χ1v) is 4.96. The topological polar surface area (TPSA) is 63.3 Å². The smallest absolute Gasteiger partial charge is 0.308 e. The molecule has 0 aliphatic heterocycles. The van der Waals surface area contributed by atoms with Crippen molar-refractivity contribution in [1.82, 2.24) is 5.16 Å². The number of carboxylic acid groups (broad SMARTS) is 1. The number of hydrogen-bond donors (Lipinski definition) is 1. The quantitative estimate of drug-likeness (QED) is 0.891. The Morgan fingerprint density at radius 2 is 2.31 bits per heavy atom.